The zero-order valence-corrected chi connectivity index (χ0v) is 15.3. The second-order valence-corrected chi connectivity index (χ2v) is 7.04. The second kappa shape index (κ2) is 7.08. The molecule has 142 valence electrons. The average molecular weight is 373 g/mol. The van der Waals surface area contributed by atoms with Crippen LogP contribution in [0, 0.1) is 11.6 Å². The van der Waals surface area contributed by atoms with Crippen molar-refractivity contribution in [1.82, 2.24) is 5.32 Å². The summed E-state index contributed by atoms with van der Waals surface area (Å²) < 4.78 is 26.5. The van der Waals surface area contributed by atoms with E-state index >= 15 is 0 Å². The molecule has 7 heteroatoms. The molecular weight excluding hydrogens is 352 g/mol. The minimum Gasteiger partial charge on any atom is -0.322 e. The van der Waals surface area contributed by atoms with E-state index in [1.54, 1.807) is 45.0 Å². The van der Waals surface area contributed by atoms with Crippen LogP contribution in [0.5, 0.6) is 0 Å². The average Bonchev–Trinajstić information content (AvgIpc) is 2.62. The molecule has 2 N–H and O–H groups in total. The Kier molecular flexibility index (Phi) is 4.97. The van der Waals surface area contributed by atoms with Crippen molar-refractivity contribution in [3.8, 4) is 0 Å². The van der Waals surface area contributed by atoms with E-state index < -0.39 is 17.2 Å². The van der Waals surface area contributed by atoms with Gasteiger partial charge in [0.25, 0.3) is 0 Å². The summed E-state index contributed by atoms with van der Waals surface area (Å²) in [5.41, 5.74) is 0.661. The van der Waals surface area contributed by atoms with E-state index in [0.29, 0.717) is 16.9 Å². The van der Waals surface area contributed by atoms with Gasteiger partial charge in [0, 0.05) is 6.04 Å². The van der Waals surface area contributed by atoms with E-state index in [9.17, 15) is 18.4 Å². The molecule has 1 atom stereocenters. The highest BCUT2D eigenvalue weighted by Gasteiger charge is 2.43. The third-order valence-corrected chi connectivity index (χ3v) is 4.76. The van der Waals surface area contributed by atoms with Gasteiger partial charge in [-0.15, -0.1) is 0 Å². The van der Waals surface area contributed by atoms with Crippen LogP contribution in [0.25, 0.3) is 0 Å². The predicted molar refractivity (Wildman–Crippen MR) is 99.4 cm³/mol. The third-order valence-electron chi connectivity index (χ3n) is 4.76. The maximum absolute atomic E-state index is 13.4. The number of carbonyl (C=O) groups excluding carboxylic acids is 2. The quantitative estimate of drug-likeness (QED) is 0.864. The fourth-order valence-corrected chi connectivity index (χ4v) is 3.12. The first-order valence-electron chi connectivity index (χ1n) is 8.63. The molecule has 2 amide bonds. The Labute approximate surface area is 156 Å². The van der Waals surface area contributed by atoms with Gasteiger partial charge in [0.2, 0.25) is 11.8 Å². The number of para-hydroxylation sites is 2. The fraction of sp³-hybridized carbons (Fsp3) is 0.300. The van der Waals surface area contributed by atoms with Crippen molar-refractivity contribution in [2.75, 3.05) is 16.8 Å². The van der Waals surface area contributed by atoms with Crippen molar-refractivity contribution in [2.24, 2.45) is 0 Å². The SMILES string of the molecule is C[C@@H](NCC(=O)N1c2ccccc2NC(=O)C1(C)C)c1ccc(F)c(F)c1. The molecule has 2 aromatic rings. The third kappa shape index (κ3) is 3.55. The van der Waals surface area contributed by atoms with Crippen molar-refractivity contribution in [3.63, 3.8) is 0 Å². The van der Waals surface area contributed by atoms with E-state index in [2.05, 4.69) is 10.6 Å². The minimum atomic E-state index is -1.06. The van der Waals surface area contributed by atoms with Gasteiger partial charge in [0.1, 0.15) is 5.54 Å². The molecule has 5 nitrogen and oxygen atoms in total. The van der Waals surface area contributed by atoms with Crippen molar-refractivity contribution in [2.45, 2.75) is 32.4 Å². The van der Waals surface area contributed by atoms with E-state index in [-0.39, 0.29) is 24.4 Å². The molecule has 0 unspecified atom stereocenters. The lowest BCUT2D eigenvalue weighted by atomic mass is 9.96. The lowest BCUT2D eigenvalue weighted by molar-refractivity contribution is -0.126. The molecule has 0 radical (unpaired) electrons. The number of hydrogen-bond acceptors (Lipinski definition) is 3. The van der Waals surface area contributed by atoms with E-state index in [1.165, 1.54) is 11.0 Å². The summed E-state index contributed by atoms with van der Waals surface area (Å²) in [4.78, 5) is 26.8. The zero-order chi connectivity index (χ0) is 19.8. The van der Waals surface area contributed by atoms with Gasteiger partial charge in [0.15, 0.2) is 11.6 Å². The highest BCUT2D eigenvalue weighted by molar-refractivity contribution is 6.14. The monoisotopic (exact) mass is 373 g/mol. The number of halogens is 2. The Morgan fingerprint density at radius 3 is 2.59 bits per heavy atom. The van der Waals surface area contributed by atoms with Gasteiger partial charge in [-0.1, -0.05) is 18.2 Å². The summed E-state index contributed by atoms with van der Waals surface area (Å²) in [6.07, 6.45) is 0. The molecule has 0 saturated heterocycles. The van der Waals surface area contributed by atoms with Gasteiger partial charge in [0.05, 0.1) is 17.9 Å². The maximum atomic E-state index is 13.4. The Hall–Kier alpha value is -2.80. The number of amides is 2. The van der Waals surface area contributed by atoms with E-state index in [4.69, 9.17) is 0 Å². The molecule has 0 aromatic heterocycles. The number of hydrogen-bond donors (Lipinski definition) is 2. The lowest BCUT2D eigenvalue weighted by Crippen LogP contribution is -2.60. The summed E-state index contributed by atoms with van der Waals surface area (Å²) in [6, 6.07) is 10.3. The van der Waals surface area contributed by atoms with Gasteiger partial charge in [-0.05, 0) is 50.6 Å². The number of carbonyl (C=O) groups is 2. The molecule has 1 aliphatic rings. The van der Waals surface area contributed by atoms with Gasteiger partial charge >= 0.3 is 0 Å². The molecule has 1 aliphatic heterocycles. The fourth-order valence-electron chi connectivity index (χ4n) is 3.12. The Morgan fingerprint density at radius 2 is 1.89 bits per heavy atom. The topological polar surface area (TPSA) is 61.4 Å². The standard InChI is InChI=1S/C20H21F2N3O2/c1-12(13-8-9-14(21)15(22)10-13)23-11-18(26)25-17-7-5-4-6-16(17)24-19(27)20(25,2)3/h4-10,12,23H,11H2,1-3H3,(H,24,27)/t12-/m1/s1. The van der Waals surface area contributed by atoms with E-state index in [1.807, 2.05) is 0 Å². The van der Waals surface area contributed by atoms with Crippen LogP contribution in [-0.2, 0) is 9.59 Å². The zero-order valence-electron chi connectivity index (χ0n) is 15.3. The molecule has 1 heterocycles. The Morgan fingerprint density at radius 1 is 1.19 bits per heavy atom. The van der Waals surface area contributed by atoms with Crippen LogP contribution in [0.15, 0.2) is 42.5 Å². The molecule has 3 rings (SSSR count). The molecule has 0 bridgehead atoms. The number of benzene rings is 2. The molecule has 0 spiro atoms. The van der Waals surface area contributed by atoms with Crippen LogP contribution in [0.3, 0.4) is 0 Å². The van der Waals surface area contributed by atoms with Crippen LogP contribution in [0.1, 0.15) is 32.4 Å². The smallest absolute Gasteiger partial charge is 0.250 e. The van der Waals surface area contributed by atoms with Gasteiger partial charge in [-0.3, -0.25) is 14.5 Å². The number of nitrogens with zero attached hydrogens (tertiary/aromatic N) is 1. The predicted octanol–water partition coefficient (Wildman–Crippen LogP) is 3.38. The highest BCUT2D eigenvalue weighted by Crippen LogP contribution is 2.36. The normalized spacial score (nSPS) is 16.5. The van der Waals surface area contributed by atoms with Gasteiger partial charge < -0.3 is 10.6 Å². The molecule has 27 heavy (non-hydrogen) atoms. The molecule has 2 aromatic carbocycles. The first kappa shape index (κ1) is 19.0. The van der Waals surface area contributed by atoms with Crippen molar-refractivity contribution in [3.05, 3.63) is 59.7 Å². The summed E-state index contributed by atoms with van der Waals surface area (Å²) in [5.74, 6) is -2.42. The number of nitrogens with one attached hydrogen (secondary N) is 2. The molecular formula is C20H21F2N3O2. The second-order valence-electron chi connectivity index (χ2n) is 7.04. The summed E-state index contributed by atoms with van der Waals surface area (Å²) >= 11 is 0. The van der Waals surface area contributed by atoms with Crippen molar-refractivity contribution >= 4 is 23.2 Å². The van der Waals surface area contributed by atoms with Crippen molar-refractivity contribution < 1.29 is 18.4 Å². The summed E-state index contributed by atoms with van der Waals surface area (Å²) in [5, 5.41) is 5.82. The van der Waals surface area contributed by atoms with Crippen LogP contribution in [0.4, 0.5) is 20.2 Å². The van der Waals surface area contributed by atoms with Crippen LogP contribution in [-0.4, -0.2) is 23.9 Å². The Balaban J connectivity index is 1.78. The summed E-state index contributed by atoms with van der Waals surface area (Å²) in [6.45, 7) is 5.04. The van der Waals surface area contributed by atoms with Crippen molar-refractivity contribution in [1.29, 1.82) is 0 Å². The molecule has 0 fully saturated rings. The van der Waals surface area contributed by atoms with Crippen LogP contribution < -0.4 is 15.5 Å². The molecule has 0 saturated carbocycles. The first-order chi connectivity index (χ1) is 12.7. The first-order valence-corrected chi connectivity index (χ1v) is 8.63. The minimum absolute atomic E-state index is 0.0643. The van der Waals surface area contributed by atoms with Gasteiger partial charge in [-0.25, -0.2) is 8.78 Å². The highest BCUT2D eigenvalue weighted by atomic mass is 19.2. The lowest BCUT2D eigenvalue weighted by Gasteiger charge is -2.42. The number of fused-ring (bicyclic) bond motifs is 1. The largest absolute Gasteiger partial charge is 0.322 e. The van der Waals surface area contributed by atoms with Crippen LogP contribution >= 0.6 is 0 Å². The number of rotatable bonds is 4. The van der Waals surface area contributed by atoms with E-state index in [0.717, 1.165) is 12.1 Å². The maximum Gasteiger partial charge on any atom is 0.250 e. The van der Waals surface area contributed by atoms with Crippen LogP contribution in [0.2, 0.25) is 0 Å². The number of anilines is 2. The Bertz CT molecular complexity index is 899. The molecule has 0 aliphatic carbocycles. The van der Waals surface area contributed by atoms with Gasteiger partial charge in [-0.2, -0.15) is 0 Å². The summed E-state index contributed by atoms with van der Waals surface area (Å²) in [7, 11) is 0.